The number of carbonyl (C=O) groups is 1. The Morgan fingerprint density at radius 3 is 2.57 bits per heavy atom. The monoisotopic (exact) mass is 346 g/mol. The lowest BCUT2D eigenvalue weighted by molar-refractivity contribution is -0.119. The lowest BCUT2D eigenvalue weighted by atomic mass is 9.66. The van der Waals surface area contributed by atoms with E-state index in [-0.39, 0.29) is 11.3 Å². The summed E-state index contributed by atoms with van der Waals surface area (Å²) < 4.78 is 1.06. The molecule has 0 aliphatic heterocycles. The SMILES string of the molecule is NCC1(CC(=O)Nc2ccc3cc(Br)ccc3c2)CCC1. The summed E-state index contributed by atoms with van der Waals surface area (Å²) in [5, 5.41) is 5.27. The van der Waals surface area contributed by atoms with Gasteiger partial charge in [-0.3, -0.25) is 4.79 Å². The number of amides is 1. The molecule has 0 unspecified atom stereocenters. The number of carbonyl (C=O) groups excluding carboxylic acids is 1. The molecule has 21 heavy (non-hydrogen) atoms. The van der Waals surface area contributed by atoms with Crippen molar-refractivity contribution in [3.63, 3.8) is 0 Å². The van der Waals surface area contributed by atoms with E-state index >= 15 is 0 Å². The molecule has 0 aromatic heterocycles. The molecule has 110 valence electrons. The standard InChI is InChI=1S/C17H19BrN2O/c18-14-4-2-13-9-15(5-3-12(13)8-14)20-16(21)10-17(11-19)6-1-7-17/h2-5,8-9H,1,6-7,10-11,19H2,(H,20,21). The smallest absolute Gasteiger partial charge is 0.224 e. The fraction of sp³-hybridized carbons (Fsp3) is 0.353. The molecular formula is C17H19BrN2O. The number of benzene rings is 2. The van der Waals surface area contributed by atoms with Gasteiger partial charge >= 0.3 is 0 Å². The van der Waals surface area contributed by atoms with E-state index in [2.05, 4.69) is 27.3 Å². The number of fused-ring (bicyclic) bond motifs is 1. The van der Waals surface area contributed by atoms with Crippen molar-refractivity contribution in [1.29, 1.82) is 0 Å². The summed E-state index contributed by atoms with van der Waals surface area (Å²) in [6, 6.07) is 12.1. The van der Waals surface area contributed by atoms with E-state index in [4.69, 9.17) is 5.73 Å². The topological polar surface area (TPSA) is 55.1 Å². The highest BCUT2D eigenvalue weighted by Gasteiger charge is 2.37. The Morgan fingerprint density at radius 1 is 1.19 bits per heavy atom. The second-order valence-electron chi connectivity index (χ2n) is 5.99. The number of nitrogens with one attached hydrogen (secondary N) is 1. The van der Waals surface area contributed by atoms with Crippen molar-refractivity contribution in [1.82, 2.24) is 0 Å². The summed E-state index contributed by atoms with van der Waals surface area (Å²) in [7, 11) is 0. The van der Waals surface area contributed by atoms with Crippen molar-refractivity contribution in [3.05, 3.63) is 40.9 Å². The number of hydrogen-bond acceptors (Lipinski definition) is 2. The summed E-state index contributed by atoms with van der Waals surface area (Å²) in [4.78, 5) is 12.2. The zero-order chi connectivity index (χ0) is 14.9. The highest BCUT2D eigenvalue weighted by atomic mass is 79.9. The van der Waals surface area contributed by atoms with Gasteiger partial charge < -0.3 is 11.1 Å². The predicted molar refractivity (Wildman–Crippen MR) is 90.2 cm³/mol. The molecule has 2 aromatic carbocycles. The van der Waals surface area contributed by atoms with Gasteiger partial charge in [0.15, 0.2) is 0 Å². The third-order valence-electron chi connectivity index (χ3n) is 4.47. The first-order valence-electron chi connectivity index (χ1n) is 7.30. The molecule has 1 aliphatic rings. The summed E-state index contributed by atoms with van der Waals surface area (Å²) in [6.45, 7) is 0.603. The fourth-order valence-electron chi connectivity index (χ4n) is 2.97. The van der Waals surface area contributed by atoms with Crippen LogP contribution in [0.5, 0.6) is 0 Å². The van der Waals surface area contributed by atoms with Crippen molar-refractivity contribution < 1.29 is 4.79 Å². The number of hydrogen-bond donors (Lipinski definition) is 2. The highest BCUT2D eigenvalue weighted by molar-refractivity contribution is 9.10. The van der Waals surface area contributed by atoms with Crippen molar-refractivity contribution in [3.8, 4) is 0 Å². The minimum atomic E-state index is 0.0474. The van der Waals surface area contributed by atoms with Gasteiger partial charge in [0.1, 0.15) is 0 Å². The van der Waals surface area contributed by atoms with Gasteiger partial charge in [0, 0.05) is 16.6 Å². The molecule has 1 fully saturated rings. The first-order chi connectivity index (χ1) is 10.1. The number of nitrogens with two attached hydrogens (primary N) is 1. The Bertz CT molecular complexity index is 674. The molecule has 3 nitrogen and oxygen atoms in total. The molecule has 1 aliphatic carbocycles. The highest BCUT2D eigenvalue weighted by Crippen LogP contribution is 2.43. The van der Waals surface area contributed by atoms with Crippen LogP contribution in [-0.4, -0.2) is 12.5 Å². The molecule has 0 radical (unpaired) electrons. The molecule has 0 spiro atoms. The zero-order valence-corrected chi connectivity index (χ0v) is 13.4. The molecule has 0 heterocycles. The average molecular weight is 347 g/mol. The van der Waals surface area contributed by atoms with E-state index in [0.717, 1.165) is 33.8 Å². The van der Waals surface area contributed by atoms with Crippen LogP contribution in [-0.2, 0) is 4.79 Å². The normalized spacial score (nSPS) is 16.5. The fourth-order valence-corrected chi connectivity index (χ4v) is 3.35. The van der Waals surface area contributed by atoms with E-state index in [9.17, 15) is 4.79 Å². The minimum Gasteiger partial charge on any atom is -0.330 e. The van der Waals surface area contributed by atoms with Crippen molar-refractivity contribution in [2.75, 3.05) is 11.9 Å². The second-order valence-corrected chi connectivity index (χ2v) is 6.90. The predicted octanol–water partition coefficient (Wildman–Crippen LogP) is 4.06. The molecular weight excluding hydrogens is 328 g/mol. The van der Waals surface area contributed by atoms with Crippen LogP contribution >= 0.6 is 15.9 Å². The molecule has 0 bridgehead atoms. The van der Waals surface area contributed by atoms with Crippen molar-refractivity contribution >= 4 is 38.3 Å². The molecule has 1 amide bonds. The van der Waals surface area contributed by atoms with E-state index in [1.54, 1.807) is 0 Å². The quantitative estimate of drug-likeness (QED) is 0.876. The van der Waals surface area contributed by atoms with Crippen molar-refractivity contribution in [2.45, 2.75) is 25.7 Å². The van der Waals surface area contributed by atoms with Crippen LogP contribution in [0.3, 0.4) is 0 Å². The third kappa shape index (κ3) is 3.11. The summed E-state index contributed by atoms with van der Waals surface area (Å²) >= 11 is 3.46. The molecule has 3 N–H and O–H groups in total. The first-order valence-corrected chi connectivity index (χ1v) is 8.09. The maximum Gasteiger partial charge on any atom is 0.224 e. The van der Waals surface area contributed by atoms with Gasteiger partial charge in [0.05, 0.1) is 0 Å². The van der Waals surface area contributed by atoms with E-state index < -0.39 is 0 Å². The van der Waals surface area contributed by atoms with Gasteiger partial charge in [-0.2, -0.15) is 0 Å². The number of halogens is 1. The maximum atomic E-state index is 12.2. The number of rotatable bonds is 4. The van der Waals surface area contributed by atoms with Gasteiger partial charge in [0.2, 0.25) is 5.91 Å². The Labute approximate surface area is 133 Å². The van der Waals surface area contributed by atoms with Gasteiger partial charge in [-0.05, 0) is 59.8 Å². The lowest BCUT2D eigenvalue weighted by Crippen LogP contribution is -2.40. The van der Waals surface area contributed by atoms with E-state index in [1.165, 1.54) is 6.42 Å². The third-order valence-corrected chi connectivity index (χ3v) is 4.96. The maximum absolute atomic E-state index is 12.2. The largest absolute Gasteiger partial charge is 0.330 e. The Morgan fingerprint density at radius 2 is 1.90 bits per heavy atom. The first kappa shape index (κ1) is 14.5. The molecule has 3 rings (SSSR count). The summed E-state index contributed by atoms with van der Waals surface area (Å²) in [5.41, 5.74) is 6.71. The van der Waals surface area contributed by atoms with Crippen LogP contribution in [0.2, 0.25) is 0 Å². The van der Waals surface area contributed by atoms with Crippen molar-refractivity contribution in [2.24, 2.45) is 11.1 Å². The molecule has 2 aromatic rings. The van der Waals surface area contributed by atoms with Gasteiger partial charge in [-0.15, -0.1) is 0 Å². The Balaban J connectivity index is 1.72. The molecule has 0 atom stereocenters. The molecule has 0 saturated heterocycles. The van der Waals surface area contributed by atoms with E-state index in [0.29, 0.717) is 13.0 Å². The van der Waals surface area contributed by atoms with E-state index in [1.807, 2.05) is 30.3 Å². The zero-order valence-electron chi connectivity index (χ0n) is 11.9. The second kappa shape index (κ2) is 5.78. The van der Waals surface area contributed by atoms with Crippen LogP contribution in [0.15, 0.2) is 40.9 Å². The average Bonchev–Trinajstić information content (AvgIpc) is 2.43. The lowest BCUT2D eigenvalue weighted by Gasteiger charge is -2.40. The number of anilines is 1. The van der Waals surface area contributed by atoms with Gasteiger partial charge in [-0.25, -0.2) is 0 Å². The van der Waals surface area contributed by atoms with Crippen LogP contribution in [0.25, 0.3) is 10.8 Å². The summed E-state index contributed by atoms with van der Waals surface area (Å²) in [5.74, 6) is 0.0663. The Kier molecular flexibility index (Phi) is 4.00. The van der Waals surface area contributed by atoms with Crippen LogP contribution in [0, 0.1) is 5.41 Å². The molecule has 4 heteroatoms. The van der Waals surface area contributed by atoms with Crippen LogP contribution < -0.4 is 11.1 Å². The minimum absolute atomic E-state index is 0.0474. The van der Waals surface area contributed by atoms with Crippen LogP contribution in [0.4, 0.5) is 5.69 Å². The van der Waals surface area contributed by atoms with Crippen LogP contribution in [0.1, 0.15) is 25.7 Å². The van der Waals surface area contributed by atoms with Gasteiger partial charge in [-0.1, -0.05) is 34.5 Å². The van der Waals surface area contributed by atoms with Gasteiger partial charge in [0.25, 0.3) is 0 Å². The molecule has 1 saturated carbocycles. The summed E-state index contributed by atoms with van der Waals surface area (Å²) in [6.07, 6.45) is 3.86. The Hall–Kier alpha value is -1.39.